The van der Waals surface area contributed by atoms with Crippen molar-refractivity contribution in [1.29, 1.82) is 0 Å². The predicted octanol–water partition coefficient (Wildman–Crippen LogP) is 4.43. The number of thiazole rings is 1. The number of aromatic nitrogens is 2. The van der Waals surface area contributed by atoms with E-state index in [4.69, 9.17) is 0 Å². The van der Waals surface area contributed by atoms with E-state index in [1.54, 1.807) is 17.5 Å². The molecule has 0 aliphatic heterocycles. The van der Waals surface area contributed by atoms with E-state index < -0.39 is 0 Å². The maximum Gasteiger partial charge on any atom is 0.142 e. The zero-order valence-corrected chi connectivity index (χ0v) is 13.7. The first-order valence-electron chi connectivity index (χ1n) is 6.88. The second-order valence-corrected chi connectivity index (χ2v) is 7.09. The molecule has 0 saturated heterocycles. The lowest BCUT2D eigenvalue weighted by Crippen LogP contribution is -2.17. The molecule has 0 bridgehead atoms. The lowest BCUT2D eigenvalue weighted by atomic mass is 10.2. The molecule has 1 unspecified atom stereocenters. The summed E-state index contributed by atoms with van der Waals surface area (Å²) in [6.07, 6.45) is 1.80. The second-order valence-electron chi connectivity index (χ2n) is 4.91. The number of hydrogen-bond donors (Lipinski definition) is 1. The average molecular weight is 315 g/mol. The molecule has 0 radical (unpaired) electrons. The van der Waals surface area contributed by atoms with Crippen LogP contribution in [-0.4, -0.2) is 9.97 Å². The highest BCUT2D eigenvalue weighted by Crippen LogP contribution is 2.24. The summed E-state index contributed by atoms with van der Waals surface area (Å²) >= 11 is 3.49. The van der Waals surface area contributed by atoms with E-state index in [0.29, 0.717) is 6.04 Å². The van der Waals surface area contributed by atoms with E-state index >= 15 is 0 Å². The number of nitrogens with one attached hydrogen (secondary N) is 1. The molecule has 1 atom stereocenters. The van der Waals surface area contributed by atoms with Crippen molar-refractivity contribution in [2.75, 3.05) is 0 Å². The van der Waals surface area contributed by atoms with Gasteiger partial charge >= 0.3 is 0 Å². The van der Waals surface area contributed by atoms with Crippen molar-refractivity contribution in [2.24, 2.45) is 0 Å². The molecule has 0 aliphatic rings. The molecule has 3 aromatic rings. The summed E-state index contributed by atoms with van der Waals surface area (Å²) in [6.45, 7) is 5.11. The van der Waals surface area contributed by atoms with Gasteiger partial charge in [-0.25, -0.2) is 4.98 Å². The average Bonchev–Trinajstić information content (AvgIpc) is 3.15. The molecule has 0 spiro atoms. The van der Waals surface area contributed by atoms with E-state index in [1.165, 1.54) is 9.75 Å². The van der Waals surface area contributed by atoms with Crippen LogP contribution in [0, 0.1) is 6.92 Å². The molecule has 21 heavy (non-hydrogen) atoms. The summed E-state index contributed by atoms with van der Waals surface area (Å²) in [7, 11) is 0. The monoisotopic (exact) mass is 315 g/mol. The number of pyridine rings is 1. The Morgan fingerprint density at radius 3 is 2.86 bits per heavy atom. The fourth-order valence-corrected chi connectivity index (χ4v) is 3.74. The van der Waals surface area contributed by atoms with Crippen LogP contribution in [0.4, 0.5) is 0 Å². The van der Waals surface area contributed by atoms with Gasteiger partial charge in [-0.2, -0.15) is 0 Å². The van der Waals surface area contributed by atoms with Gasteiger partial charge in [0.05, 0.1) is 11.4 Å². The summed E-state index contributed by atoms with van der Waals surface area (Å²) in [5.74, 6) is 0. The van der Waals surface area contributed by atoms with Crippen molar-refractivity contribution >= 4 is 22.7 Å². The first kappa shape index (κ1) is 14.4. The minimum Gasteiger partial charge on any atom is -0.304 e. The highest BCUT2D eigenvalue weighted by atomic mass is 32.1. The van der Waals surface area contributed by atoms with Crippen LogP contribution in [-0.2, 0) is 6.54 Å². The topological polar surface area (TPSA) is 37.8 Å². The molecule has 3 aromatic heterocycles. The molecular weight excluding hydrogens is 298 g/mol. The zero-order chi connectivity index (χ0) is 14.7. The lowest BCUT2D eigenvalue weighted by Gasteiger charge is -2.10. The Bertz CT molecular complexity index is 703. The molecule has 3 heterocycles. The van der Waals surface area contributed by atoms with Crippen LogP contribution in [0.15, 0.2) is 41.9 Å². The van der Waals surface area contributed by atoms with Gasteiger partial charge in [-0.1, -0.05) is 6.07 Å². The van der Waals surface area contributed by atoms with Crippen molar-refractivity contribution in [3.8, 4) is 10.7 Å². The van der Waals surface area contributed by atoms with Gasteiger partial charge in [0.1, 0.15) is 5.01 Å². The summed E-state index contributed by atoms with van der Waals surface area (Å²) in [4.78, 5) is 11.7. The summed E-state index contributed by atoms with van der Waals surface area (Å²) in [5, 5.41) is 6.61. The molecule has 108 valence electrons. The number of aryl methyl sites for hydroxylation is 1. The van der Waals surface area contributed by atoms with Crippen LogP contribution in [0.1, 0.15) is 28.4 Å². The van der Waals surface area contributed by atoms with Crippen LogP contribution in [0.3, 0.4) is 0 Å². The van der Waals surface area contributed by atoms with Crippen molar-refractivity contribution in [3.63, 3.8) is 0 Å². The maximum absolute atomic E-state index is 4.65. The molecule has 0 aromatic carbocycles. The molecule has 3 nitrogen and oxygen atoms in total. The first-order chi connectivity index (χ1) is 10.2. The Balaban J connectivity index is 1.63. The van der Waals surface area contributed by atoms with Crippen molar-refractivity contribution < 1.29 is 0 Å². The fourth-order valence-electron chi connectivity index (χ4n) is 2.04. The van der Waals surface area contributed by atoms with Gasteiger partial charge in [0, 0.05) is 33.9 Å². The minimum atomic E-state index is 0.351. The fraction of sp³-hybridized carbons (Fsp3) is 0.250. The van der Waals surface area contributed by atoms with Crippen LogP contribution < -0.4 is 5.32 Å². The third kappa shape index (κ3) is 3.56. The highest BCUT2D eigenvalue weighted by Gasteiger charge is 2.09. The van der Waals surface area contributed by atoms with Crippen LogP contribution in [0.5, 0.6) is 0 Å². The van der Waals surface area contributed by atoms with Gasteiger partial charge in [0.25, 0.3) is 0 Å². The number of thiophene rings is 1. The molecule has 5 heteroatoms. The lowest BCUT2D eigenvalue weighted by molar-refractivity contribution is 0.577. The molecule has 0 saturated carbocycles. The number of nitrogens with zero attached hydrogens (tertiary/aromatic N) is 2. The first-order valence-corrected chi connectivity index (χ1v) is 8.57. The Kier molecular flexibility index (Phi) is 4.43. The van der Waals surface area contributed by atoms with Gasteiger partial charge in [-0.15, -0.1) is 22.7 Å². The molecule has 3 rings (SSSR count). The summed E-state index contributed by atoms with van der Waals surface area (Å²) < 4.78 is 0. The Hall–Kier alpha value is -1.56. The van der Waals surface area contributed by atoms with Crippen molar-refractivity contribution in [1.82, 2.24) is 15.3 Å². The minimum absolute atomic E-state index is 0.351. The van der Waals surface area contributed by atoms with Gasteiger partial charge in [-0.05, 0) is 38.1 Å². The van der Waals surface area contributed by atoms with E-state index in [9.17, 15) is 0 Å². The summed E-state index contributed by atoms with van der Waals surface area (Å²) in [6, 6.07) is 10.6. The second kappa shape index (κ2) is 6.47. The van der Waals surface area contributed by atoms with Gasteiger partial charge in [-0.3, -0.25) is 4.98 Å². The maximum atomic E-state index is 4.65. The third-order valence-electron chi connectivity index (χ3n) is 3.21. The number of hydrogen-bond acceptors (Lipinski definition) is 5. The molecule has 0 fully saturated rings. The normalized spacial score (nSPS) is 12.5. The number of rotatable bonds is 5. The Labute approximate surface area is 132 Å². The van der Waals surface area contributed by atoms with E-state index in [-0.39, 0.29) is 0 Å². The molecule has 0 aliphatic carbocycles. The van der Waals surface area contributed by atoms with Gasteiger partial charge in [0.15, 0.2) is 0 Å². The quantitative estimate of drug-likeness (QED) is 0.757. The van der Waals surface area contributed by atoms with E-state index in [0.717, 1.165) is 22.9 Å². The predicted molar refractivity (Wildman–Crippen MR) is 89.7 cm³/mol. The Morgan fingerprint density at radius 1 is 1.24 bits per heavy atom. The van der Waals surface area contributed by atoms with Crippen molar-refractivity contribution in [3.05, 3.63) is 57.4 Å². The van der Waals surface area contributed by atoms with Crippen molar-refractivity contribution in [2.45, 2.75) is 26.4 Å². The smallest absolute Gasteiger partial charge is 0.142 e. The molecule has 1 N–H and O–H groups in total. The highest BCUT2D eigenvalue weighted by molar-refractivity contribution is 7.13. The van der Waals surface area contributed by atoms with Gasteiger partial charge in [0.2, 0.25) is 0 Å². The summed E-state index contributed by atoms with van der Waals surface area (Å²) in [5.41, 5.74) is 2.01. The van der Waals surface area contributed by atoms with Crippen LogP contribution >= 0.6 is 22.7 Å². The van der Waals surface area contributed by atoms with E-state index in [1.807, 2.05) is 29.5 Å². The van der Waals surface area contributed by atoms with E-state index in [2.05, 4.69) is 46.6 Å². The third-order valence-corrected chi connectivity index (χ3v) is 5.31. The van der Waals surface area contributed by atoms with Crippen LogP contribution in [0.25, 0.3) is 10.7 Å². The largest absolute Gasteiger partial charge is 0.304 e. The molecule has 0 amide bonds. The molecular formula is C16H17N3S2. The SMILES string of the molecule is Cc1ccc(C(C)NCc2csc(-c3ccccn3)n2)s1. The Morgan fingerprint density at radius 2 is 2.14 bits per heavy atom. The van der Waals surface area contributed by atoms with Gasteiger partial charge < -0.3 is 5.32 Å². The standard InChI is InChI=1S/C16H17N3S2/c1-11-6-7-15(21-11)12(2)18-9-13-10-20-16(19-13)14-5-3-4-8-17-14/h3-8,10,12,18H,9H2,1-2H3. The van der Waals surface area contributed by atoms with Crippen LogP contribution in [0.2, 0.25) is 0 Å². The zero-order valence-electron chi connectivity index (χ0n) is 12.0.